The van der Waals surface area contributed by atoms with Crippen molar-refractivity contribution in [3.8, 4) is 0 Å². The lowest BCUT2D eigenvalue weighted by Gasteiger charge is -2.22. The van der Waals surface area contributed by atoms with Gasteiger partial charge in [0.25, 0.3) is 0 Å². The number of rotatable bonds is 4. The fraction of sp³-hybridized carbons (Fsp3) is 0.375. The topological polar surface area (TPSA) is 60.2 Å². The maximum Gasteiger partial charge on any atom is 0.127 e. The van der Waals surface area contributed by atoms with Crippen molar-refractivity contribution in [1.82, 2.24) is 4.98 Å². The molecule has 21 heavy (non-hydrogen) atoms. The van der Waals surface area contributed by atoms with Gasteiger partial charge in [0, 0.05) is 24.1 Å². The molecule has 0 spiro atoms. The van der Waals surface area contributed by atoms with Crippen LogP contribution in [0.25, 0.3) is 10.9 Å². The molecule has 1 aliphatic heterocycles. The number of nitrogens with zero attached hydrogens (tertiary/aromatic N) is 1. The summed E-state index contributed by atoms with van der Waals surface area (Å²) < 4.78 is 5.50. The van der Waals surface area contributed by atoms with Crippen LogP contribution in [0.2, 0.25) is 0 Å². The first-order valence-corrected chi connectivity index (χ1v) is 7.66. The zero-order valence-electron chi connectivity index (χ0n) is 11.8. The molecule has 5 heteroatoms. The third-order valence-corrected chi connectivity index (χ3v) is 4.03. The van der Waals surface area contributed by atoms with E-state index in [0.717, 1.165) is 48.5 Å². The molecule has 0 amide bonds. The lowest BCUT2D eigenvalue weighted by Crippen LogP contribution is -2.24. The summed E-state index contributed by atoms with van der Waals surface area (Å²) in [6, 6.07) is 9.85. The number of hydrogen-bond acceptors (Lipinski definition) is 4. The second-order valence-electron chi connectivity index (χ2n) is 5.40. The van der Waals surface area contributed by atoms with Crippen molar-refractivity contribution in [2.24, 2.45) is 11.7 Å². The molecule has 1 aromatic carbocycles. The Bertz CT molecular complexity index is 653. The van der Waals surface area contributed by atoms with Crippen LogP contribution in [-0.2, 0) is 4.74 Å². The fourth-order valence-electron chi connectivity index (χ4n) is 2.69. The molecule has 1 atom stereocenters. The number of anilines is 1. The Labute approximate surface area is 129 Å². The minimum atomic E-state index is 0.401. The highest BCUT2D eigenvalue weighted by Crippen LogP contribution is 2.21. The number of ether oxygens (including phenoxy) is 1. The van der Waals surface area contributed by atoms with Crippen molar-refractivity contribution in [2.75, 3.05) is 25.1 Å². The average molecular weight is 301 g/mol. The highest BCUT2D eigenvalue weighted by atomic mass is 32.1. The van der Waals surface area contributed by atoms with Gasteiger partial charge in [-0.25, -0.2) is 4.98 Å². The van der Waals surface area contributed by atoms with E-state index in [-0.39, 0.29) is 0 Å². The van der Waals surface area contributed by atoms with Crippen LogP contribution in [0.1, 0.15) is 18.4 Å². The molecule has 1 saturated heterocycles. The summed E-state index contributed by atoms with van der Waals surface area (Å²) in [6.07, 6.45) is 2.33. The zero-order valence-corrected chi connectivity index (χ0v) is 12.7. The molecule has 4 nitrogen and oxygen atoms in total. The molecule has 1 fully saturated rings. The first-order valence-electron chi connectivity index (χ1n) is 7.25. The molecule has 1 unspecified atom stereocenters. The van der Waals surface area contributed by atoms with Crippen molar-refractivity contribution in [3.05, 3.63) is 35.9 Å². The van der Waals surface area contributed by atoms with Crippen LogP contribution in [0.3, 0.4) is 0 Å². The highest BCUT2D eigenvalue weighted by molar-refractivity contribution is 7.80. The van der Waals surface area contributed by atoms with Gasteiger partial charge in [-0.05, 0) is 30.9 Å². The van der Waals surface area contributed by atoms with E-state index >= 15 is 0 Å². The third kappa shape index (κ3) is 3.31. The van der Waals surface area contributed by atoms with Gasteiger partial charge in [-0.15, -0.1) is 0 Å². The summed E-state index contributed by atoms with van der Waals surface area (Å²) in [4.78, 5) is 5.04. The molecule has 2 heterocycles. The van der Waals surface area contributed by atoms with Gasteiger partial charge < -0.3 is 15.8 Å². The second kappa shape index (κ2) is 6.37. The Kier molecular flexibility index (Phi) is 4.31. The summed E-state index contributed by atoms with van der Waals surface area (Å²) in [6.45, 7) is 2.57. The lowest BCUT2D eigenvalue weighted by atomic mass is 10.0. The number of benzene rings is 1. The van der Waals surface area contributed by atoms with E-state index in [4.69, 9.17) is 22.7 Å². The first-order chi connectivity index (χ1) is 10.2. The summed E-state index contributed by atoms with van der Waals surface area (Å²) >= 11 is 5.16. The third-order valence-electron chi connectivity index (χ3n) is 3.81. The van der Waals surface area contributed by atoms with Crippen LogP contribution in [-0.4, -0.2) is 29.7 Å². The summed E-state index contributed by atoms with van der Waals surface area (Å²) in [5.74, 6) is 1.36. The van der Waals surface area contributed by atoms with E-state index in [9.17, 15) is 0 Å². The summed E-state index contributed by atoms with van der Waals surface area (Å²) in [5, 5.41) is 4.39. The molecule has 0 saturated carbocycles. The van der Waals surface area contributed by atoms with Crippen LogP contribution >= 0.6 is 12.2 Å². The van der Waals surface area contributed by atoms with E-state index in [0.29, 0.717) is 10.9 Å². The van der Waals surface area contributed by atoms with Gasteiger partial charge in [0.05, 0.1) is 12.1 Å². The molecular weight excluding hydrogens is 282 g/mol. The maximum atomic E-state index is 5.84. The van der Waals surface area contributed by atoms with Crippen LogP contribution < -0.4 is 11.1 Å². The predicted octanol–water partition coefficient (Wildman–Crippen LogP) is 2.71. The minimum Gasteiger partial charge on any atom is -0.389 e. The van der Waals surface area contributed by atoms with E-state index in [1.54, 1.807) is 0 Å². The number of fused-ring (bicyclic) bond motifs is 1. The van der Waals surface area contributed by atoms with Crippen molar-refractivity contribution >= 4 is 33.9 Å². The first kappa shape index (κ1) is 14.2. The van der Waals surface area contributed by atoms with Gasteiger partial charge in [-0.2, -0.15) is 0 Å². The monoisotopic (exact) mass is 301 g/mol. The quantitative estimate of drug-likeness (QED) is 0.850. The second-order valence-corrected chi connectivity index (χ2v) is 5.84. The van der Waals surface area contributed by atoms with Gasteiger partial charge in [0.1, 0.15) is 10.8 Å². The standard InChI is InChI=1S/C16H19N3OS/c17-16(21)13-8-15(18-9-11-4-3-7-20-10-11)19-14-6-2-1-5-12(13)14/h1-2,5-6,8,11H,3-4,7,9-10H2,(H2,17,21)(H,18,19). The molecule has 3 rings (SSSR count). The molecule has 0 bridgehead atoms. The number of para-hydroxylation sites is 1. The number of aromatic nitrogens is 1. The Balaban J connectivity index is 1.83. The number of hydrogen-bond donors (Lipinski definition) is 2. The highest BCUT2D eigenvalue weighted by Gasteiger charge is 2.14. The molecule has 0 radical (unpaired) electrons. The van der Waals surface area contributed by atoms with Crippen molar-refractivity contribution in [1.29, 1.82) is 0 Å². The largest absolute Gasteiger partial charge is 0.389 e. The van der Waals surface area contributed by atoms with E-state index < -0.39 is 0 Å². The normalized spacial score (nSPS) is 18.6. The average Bonchev–Trinajstić information content (AvgIpc) is 2.53. The van der Waals surface area contributed by atoms with E-state index in [1.807, 2.05) is 30.3 Å². The Morgan fingerprint density at radius 2 is 2.29 bits per heavy atom. The summed E-state index contributed by atoms with van der Waals surface area (Å²) in [5.41, 5.74) is 7.62. The Morgan fingerprint density at radius 3 is 3.05 bits per heavy atom. The summed E-state index contributed by atoms with van der Waals surface area (Å²) in [7, 11) is 0. The van der Waals surface area contributed by atoms with Gasteiger partial charge in [0.15, 0.2) is 0 Å². The van der Waals surface area contributed by atoms with Crippen molar-refractivity contribution in [3.63, 3.8) is 0 Å². The number of nitrogens with one attached hydrogen (secondary N) is 1. The van der Waals surface area contributed by atoms with Gasteiger partial charge in [-0.3, -0.25) is 0 Å². The smallest absolute Gasteiger partial charge is 0.127 e. The van der Waals surface area contributed by atoms with Gasteiger partial charge in [-0.1, -0.05) is 30.4 Å². The molecular formula is C16H19N3OS. The number of pyridine rings is 1. The van der Waals surface area contributed by atoms with Crippen molar-refractivity contribution in [2.45, 2.75) is 12.8 Å². The Hall–Kier alpha value is -1.72. The lowest BCUT2D eigenvalue weighted by molar-refractivity contribution is 0.0595. The van der Waals surface area contributed by atoms with Crippen LogP contribution in [0.4, 0.5) is 5.82 Å². The molecule has 3 N–H and O–H groups in total. The zero-order chi connectivity index (χ0) is 14.7. The maximum absolute atomic E-state index is 5.84. The Morgan fingerprint density at radius 1 is 1.43 bits per heavy atom. The molecule has 2 aromatic rings. The predicted molar refractivity (Wildman–Crippen MR) is 89.7 cm³/mol. The molecule has 110 valence electrons. The molecule has 1 aliphatic rings. The van der Waals surface area contributed by atoms with Crippen LogP contribution in [0.15, 0.2) is 30.3 Å². The van der Waals surface area contributed by atoms with Crippen LogP contribution in [0, 0.1) is 5.92 Å². The number of thiocarbonyl (C=S) groups is 1. The van der Waals surface area contributed by atoms with E-state index in [1.165, 1.54) is 6.42 Å². The molecule has 1 aromatic heterocycles. The van der Waals surface area contributed by atoms with Gasteiger partial charge in [0.2, 0.25) is 0 Å². The van der Waals surface area contributed by atoms with Crippen molar-refractivity contribution < 1.29 is 4.74 Å². The minimum absolute atomic E-state index is 0.401. The fourth-order valence-corrected chi connectivity index (χ4v) is 2.86. The number of nitrogens with two attached hydrogens (primary N) is 1. The SMILES string of the molecule is NC(=S)c1cc(NCC2CCCOC2)nc2ccccc12. The van der Waals surface area contributed by atoms with Gasteiger partial charge >= 0.3 is 0 Å². The van der Waals surface area contributed by atoms with Crippen LogP contribution in [0.5, 0.6) is 0 Å². The van der Waals surface area contributed by atoms with E-state index in [2.05, 4.69) is 10.3 Å². The molecule has 0 aliphatic carbocycles.